The van der Waals surface area contributed by atoms with Crippen LogP contribution in [0.15, 0.2) is 29.5 Å². The summed E-state index contributed by atoms with van der Waals surface area (Å²) in [7, 11) is 0. The van der Waals surface area contributed by atoms with Gasteiger partial charge < -0.3 is 19.8 Å². The second-order valence-electron chi connectivity index (χ2n) is 7.12. The van der Waals surface area contributed by atoms with Crippen LogP contribution in [0.5, 0.6) is 0 Å². The van der Waals surface area contributed by atoms with E-state index >= 15 is 0 Å². The molecule has 158 valence electrons. The summed E-state index contributed by atoms with van der Waals surface area (Å²) in [6, 6.07) is 4.14. The molecule has 0 saturated carbocycles. The molecule has 0 spiro atoms. The highest BCUT2D eigenvalue weighted by atomic mass is 127. The smallest absolute Gasteiger partial charge is 0.191 e. The summed E-state index contributed by atoms with van der Waals surface area (Å²) >= 11 is 0. The minimum atomic E-state index is 0. The molecule has 0 aromatic carbocycles. The van der Waals surface area contributed by atoms with Crippen molar-refractivity contribution in [3.8, 4) is 0 Å². The molecule has 2 rings (SSSR count). The number of nitrogens with one attached hydrogen (secondary N) is 2. The van der Waals surface area contributed by atoms with E-state index < -0.39 is 0 Å². The number of aryl methyl sites for hydroxylation is 1. The highest BCUT2D eigenvalue weighted by Crippen LogP contribution is 2.11. The van der Waals surface area contributed by atoms with Crippen molar-refractivity contribution in [1.29, 1.82) is 0 Å². The molecule has 0 aliphatic carbocycles. The van der Waals surface area contributed by atoms with E-state index in [-0.39, 0.29) is 30.1 Å². The number of nitrogens with zero attached hydrogens (tertiary/aromatic N) is 3. The Kier molecular flexibility index (Phi) is 11.4. The molecular formula is C21H36IN5O. The van der Waals surface area contributed by atoms with Crippen molar-refractivity contribution in [3.05, 3.63) is 35.8 Å². The van der Waals surface area contributed by atoms with E-state index in [0.717, 1.165) is 56.4 Å². The largest absolute Gasteiger partial charge is 0.378 e. The van der Waals surface area contributed by atoms with Crippen LogP contribution in [-0.2, 0) is 11.2 Å². The van der Waals surface area contributed by atoms with Crippen LogP contribution < -0.4 is 10.6 Å². The molecule has 0 radical (unpaired) electrons. The maximum atomic E-state index is 5.80. The van der Waals surface area contributed by atoms with Gasteiger partial charge in [-0.1, -0.05) is 19.9 Å². The summed E-state index contributed by atoms with van der Waals surface area (Å²) in [6.45, 7) is 13.8. The zero-order valence-electron chi connectivity index (χ0n) is 17.9. The lowest BCUT2D eigenvalue weighted by Gasteiger charge is -2.20. The predicted molar refractivity (Wildman–Crippen MR) is 128 cm³/mol. The van der Waals surface area contributed by atoms with E-state index in [1.165, 1.54) is 5.56 Å². The highest BCUT2D eigenvalue weighted by molar-refractivity contribution is 14.0. The Labute approximate surface area is 186 Å². The monoisotopic (exact) mass is 501 g/mol. The molecule has 0 aliphatic heterocycles. The maximum Gasteiger partial charge on any atom is 0.191 e. The van der Waals surface area contributed by atoms with Crippen LogP contribution in [0, 0.1) is 12.8 Å². The van der Waals surface area contributed by atoms with E-state index in [1.807, 2.05) is 13.1 Å². The lowest BCUT2D eigenvalue weighted by Crippen LogP contribution is -2.38. The summed E-state index contributed by atoms with van der Waals surface area (Å²) in [6.07, 6.45) is 6.21. The van der Waals surface area contributed by atoms with Crippen LogP contribution in [-0.4, -0.2) is 47.7 Å². The Bertz CT molecular complexity index is 729. The van der Waals surface area contributed by atoms with E-state index in [2.05, 4.69) is 61.1 Å². The van der Waals surface area contributed by atoms with Crippen molar-refractivity contribution in [2.24, 2.45) is 10.9 Å². The number of pyridine rings is 1. The van der Waals surface area contributed by atoms with Gasteiger partial charge in [0.25, 0.3) is 0 Å². The molecule has 0 saturated heterocycles. The number of rotatable bonds is 10. The van der Waals surface area contributed by atoms with Crippen molar-refractivity contribution in [2.75, 3.05) is 26.2 Å². The summed E-state index contributed by atoms with van der Waals surface area (Å²) in [5, 5.41) is 6.72. The van der Waals surface area contributed by atoms with Gasteiger partial charge in [-0.2, -0.15) is 0 Å². The summed E-state index contributed by atoms with van der Waals surface area (Å²) in [5.41, 5.74) is 3.31. The van der Waals surface area contributed by atoms with Gasteiger partial charge in [0, 0.05) is 45.1 Å². The van der Waals surface area contributed by atoms with Crippen molar-refractivity contribution in [1.82, 2.24) is 20.0 Å². The predicted octanol–water partition coefficient (Wildman–Crippen LogP) is 3.81. The van der Waals surface area contributed by atoms with Crippen LogP contribution in [0.4, 0.5) is 0 Å². The van der Waals surface area contributed by atoms with Crippen LogP contribution in [0.25, 0.3) is 5.65 Å². The molecule has 1 atom stereocenters. The first-order valence-electron chi connectivity index (χ1n) is 10.1. The van der Waals surface area contributed by atoms with Gasteiger partial charge in [0.2, 0.25) is 0 Å². The highest BCUT2D eigenvalue weighted by Gasteiger charge is 2.12. The average Bonchev–Trinajstić information content (AvgIpc) is 3.05. The van der Waals surface area contributed by atoms with E-state index in [4.69, 9.17) is 14.7 Å². The number of hydrogen-bond acceptors (Lipinski definition) is 3. The zero-order valence-corrected chi connectivity index (χ0v) is 20.2. The minimum Gasteiger partial charge on any atom is -0.378 e. The molecule has 7 heteroatoms. The first kappa shape index (κ1) is 24.7. The van der Waals surface area contributed by atoms with Gasteiger partial charge in [-0.3, -0.25) is 4.99 Å². The number of halogens is 1. The second-order valence-corrected chi connectivity index (χ2v) is 7.12. The SMILES string of the molecule is CCNC(=NCCC(OCC)C(C)C)NCCc1cn2cccc(C)c2n1.I. The third kappa shape index (κ3) is 7.58. The average molecular weight is 501 g/mol. The number of guanidine groups is 1. The van der Waals surface area contributed by atoms with Gasteiger partial charge in [0.15, 0.2) is 5.96 Å². The van der Waals surface area contributed by atoms with Crippen LogP contribution in [0.1, 0.15) is 45.4 Å². The minimum absolute atomic E-state index is 0. The Morgan fingerprint density at radius 3 is 2.71 bits per heavy atom. The van der Waals surface area contributed by atoms with Gasteiger partial charge in [-0.15, -0.1) is 24.0 Å². The molecular weight excluding hydrogens is 465 g/mol. The number of hydrogen-bond donors (Lipinski definition) is 2. The molecule has 28 heavy (non-hydrogen) atoms. The van der Waals surface area contributed by atoms with Crippen molar-refractivity contribution >= 4 is 35.6 Å². The number of imidazole rings is 1. The molecule has 1 unspecified atom stereocenters. The number of aliphatic imine (C=N–C) groups is 1. The molecule has 0 aliphatic rings. The standard InChI is InChI=1S/C21H35N5O.HI/c1-6-22-21(24-13-11-19(16(3)4)27-7-2)23-12-10-18-15-26-14-8-9-17(5)20(26)25-18;/h8-9,14-16,19H,6-7,10-13H2,1-5H3,(H2,22,23,24);1H. The fraction of sp³-hybridized carbons (Fsp3) is 0.619. The molecule has 2 aromatic heterocycles. The van der Waals surface area contributed by atoms with Gasteiger partial charge >= 0.3 is 0 Å². The zero-order chi connectivity index (χ0) is 19.6. The third-order valence-electron chi connectivity index (χ3n) is 4.55. The van der Waals surface area contributed by atoms with Crippen LogP contribution in [0.2, 0.25) is 0 Å². The Morgan fingerprint density at radius 2 is 2.07 bits per heavy atom. The molecule has 2 aromatic rings. The second kappa shape index (κ2) is 13.0. The molecule has 0 bridgehead atoms. The lowest BCUT2D eigenvalue weighted by atomic mass is 10.0. The van der Waals surface area contributed by atoms with Gasteiger partial charge in [-0.05, 0) is 44.7 Å². The molecule has 2 heterocycles. The van der Waals surface area contributed by atoms with Crippen molar-refractivity contribution in [3.63, 3.8) is 0 Å². The Balaban J connectivity index is 0.00000392. The quantitative estimate of drug-likeness (QED) is 0.295. The van der Waals surface area contributed by atoms with Crippen LogP contribution >= 0.6 is 24.0 Å². The third-order valence-corrected chi connectivity index (χ3v) is 4.55. The van der Waals surface area contributed by atoms with E-state index in [1.54, 1.807) is 0 Å². The van der Waals surface area contributed by atoms with Gasteiger partial charge in [0.05, 0.1) is 11.8 Å². The van der Waals surface area contributed by atoms with Crippen molar-refractivity contribution in [2.45, 2.75) is 53.6 Å². The fourth-order valence-electron chi connectivity index (χ4n) is 3.10. The summed E-state index contributed by atoms with van der Waals surface area (Å²) < 4.78 is 7.89. The van der Waals surface area contributed by atoms with E-state index in [0.29, 0.717) is 5.92 Å². The number of ether oxygens (including phenoxy) is 1. The van der Waals surface area contributed by atoms with E-state index in [9.17, 15) is 0 Å². The topological polar surface area (TPSA) is 63.0 Å². The van der Waals surface area contributed by atoms with Gasteiger partial charge in [0.1, 0.15) is 5.65 Å². The molecule has 6 nitrogen and oxygen atoms in total. The molecule has 2 N–H and O–H groups in total. The Morgan fingerprint density at radius 1 is 1.29 bits per heavy atom. The van der Waals surface area contributed by atoms with Crippen LogP contribution in [0.3, 0.4) is 0 Å². The number of fused-ring (bicyclic) bond motifs is 1. The first-order chi connectivity index (χ1) is 13.0. The molecule has 0 amide bonds. The number of aromatic nitrogens is 2. The molecule has 0 fully saturated rings. The normalized spacial score (nSPS) is 12.9. The summed E-state index contributed by atoms with van der Waals surface area (Å²) in [5.74, 6) is 1.37. The summed E-state index contributed by atoms with van der Waals surface area (Å²) in [4.78, 5) is 9.42. The lowest BCUT2D eigenvalue weighted by molar-refractivity contribution is 0.0266. The fourth-order valence-corrected chi connectivity index (χ4v) is 3.10. The van der Waals surface area contributed by atoms with Crippen molar-refractivity contribution < 1.29 is 4.74 Å². The maximum absolute atomic E-state index is 5.80. The van der Waals surface area contributed by atoms with Gasteiger partial charge in [-0.25, -0.2) is 4.98 Å². The Hall–Kier alpha value is -1.35. The first-order valence-corrected chi connectivity index (χ1v) is 10.1.